The second kappa shape index (κ2) is 31.3. The summed E-state index contributed by atoms with van der Waals surface area (Å²) in [4.78, 5) is 76.1. The van der Waals surface area contributed by atoms with E-state index in [4.69, 9.17) is 21.2 Å². The van der Waals surface area contributed by atoms with E-state index in [1.54, 1.807) is 80.0 Å². The van der Waals surface area contributed by atoms with Crippen molar-refractivity contribution in [1.29, 1.82) is 0 Å². The molecule has 0 saturated carbocycles. The normalized spacial score (nSPS) is 13.3. The molecule has 0 bridgehead atoms. The van der Waals surface area contributed by atoms with E-state index < -0.39 is 11.7 Å². The number of methoxy groups -OCH3 is 1. The van der Waals surface area contributed by atoms with Gasteiger partial charge >= 0.3 is 0 Å². The van der Waals surface area contributed by atoms with Gasteiger partial charge in [0.15, 0.2) is 5.82 Å². The Bertz CT molecular complexity index is 4680. The van der Waals surface area contributed by atoms with E-state index in [1.165, 1.54) is 79.2 Å². The Hall–Kier alpha value is -11.3. The summed E-state index contributed by atoms with van der Waals surface area (Å²) in [7, 11) is 6.72. The summed E-state index contributed by atoms with van der Waals surface area (Å²) in [6, 6.07) is 30.5. The predicted molar refractivity (Wildman–Crippen MR) is 362 cm³/mol. The minimum Gasteiger partial charge on any atom is -0.494 e. The number of imidazole rings is 3. The third kappa shape index (κ3) is 16.3. The van der Waals surface area contributed by atoms with E-state index in [-0.39, 0.29) is 54.1 Å². The molecule has 0 fully saturated rings. The molecule has 3 aliphatic heterocycles. The van der Waals surface area contributed by atoms with Crippen LogP contribution in [0.4, 0.5) is 34.6 Å². The van der Waals surface area contributed by atoms with Crippen molar-refractivity contribution in [2.45, 2.75) is 52.4 Å². The van der Waals surface area contributed by atoms with Crippen molar-refractivity contribution in [3.8, 4) is 39.5 Å². The molecular formula is C71H67ClF4N14O7. The van der Waals surface area contributed by atoms with Gasteiger partial charge in [-0.15, -0.1) is 0 Å². The smallest absolute Gasteiger partial charge is 0.275 e. The number of aromatic nitrogens is 7. The fourth-order valence-electron chi connectivity index (χ4n) is 10.8. The average Bonchev–Trinajstić information content (AvgIpc) is 1.69. The van der Waals surface area contributed by atoms with Gasteiger partial charge in [-0.3, -0.25) is 29.4 Å². The van der Waals surface area contributed by atoms with Gasteiger partial charge in [0.25, 0.3) is 17.7 Å². The van der Waals surface area contributed by atoms with E-state index in [2.05, 4.69) is 64.3 Å². The number of nitrogens with zero attached hydrogens (tertiary/aromatic N) is 12. The zero-order valence-corrected chi connectivity index (χ0v) is 54.4. The largest absolute Gasteiger partial charge is 0.494 e. The lowest BCUT2D eigenvalue weighted by Gasteiger charge is -2.24. The zero-order valence-electron chi connectivity index (χ0n) is 53.6. The summed E-state index contributed by atoms with van der Waals surface area (Å²) in [5.74, 6) is -2.48. The van der Waals surface area contributed by atoms with Gasteiger partial charge in [-0.05, 0) is 122 Å². The molecule has 97 heavy (non-hydrogen) atoms. The second-order valence-corrected chi connectivity index (χ2v) is 22.7. The summed E-state index contributed by atoms with van der Waals surface area (Å²) < 4.78 is 64.9. The molecule has 0 unspecified atom stereocenters. The highest BCUT2D eigenvalue weighted by atomic mass is 35.5. The Kier molecular flexibility index (Phi) is 22.1. The molecule has 0 atom stereocenters. The molecule has 12 rings (SSSR count). The molecule has 9 aromatic rings. The lowest BCUT2D eigenvalue weighted by molar-refractivity contribution is -0.115. The van der Waals surface area contributed by atoms with Crippen LogP contribution in [0, 0.1) is 23.3 Å². The molecule has 0 aliphatic carbocycles. The number of rotatable bonds is 20. The number of nitrogens with one attached hydrogen (secondary N) is 2. The van der Waals surface area contributed by atoms with Crippen molar-refractivity contribution in [3.63, 3.8) is 0 Å². The third-order valence-corrected chi connectivity index (χ3v) is 15.9. The number of benzene rings is 5. The lowest BCUT2D eigenvalue weighted by Crippen LogP contribution is -2.27. The Morgan fingerprint density at radius 3 is 1.61 bits per heavy atom. The van der Waals surface area contributed by atoms with Crippen LogP contribution < -0.4 is 30.5 Å². The molecule has 26 heteroatoms. The Morgan fingerprint density at radius 1 is 0.619 bits per heavy atom. The van der Waals surface area contributed by atoms with Gasteiger partial charge < -0.3 is 44.6 Å². The van der Waals surface area contributed by atoms with E-state index in [9.17, 15) is 42.3 Å². The number of aliphatic imine (C=N–C) groups is 3. The Balaban J connectivity index is 0.000000159. The number of ether oxygens (including phenoxy) is 1. The first-order chi connectivity index (χ1) is 46.9. The number of aliphatic hydroxyl groups is 1. The minimum atomic E-state index is -0.826. The van der Waals surface area contributed by atoms with Crippen LogP contribution in [0.15, 0.2) is 202 Å². The number of pyridine rings is 1. The summed E-state index contributed by atoms with van der Waals surface area (Å²) >= 11 is 6.35. The second-order valence-electron chi connectivity index (χ2n) is 22.3. The highest BCUT2D eigenvalue weighted by Crippen LogP contribution is 2.34. The number of anilines is 3. The fraction of sp³-hybridized carbons (Fsp3) is 0.211. The van der Waals surface area contributed by atoms with Gasteiger partial charge in [-0.25, -0.2) is 37.5 Å². The monoisotopic (exact) mass is 1340 g/mol. The highest BCUT2D eigenvalue weighted by molar-refractivity contribution is 6.34. The van der Waals surface area contributed by atoms with Crippen LogP contribution >= 0.6 is 11.6 Å². The number of carbonyl (C=O) groups excluding carboxylic acids is 3. The molecule has 4 aromatic heterocycles. The fourth-order valence-corrected chi connectivity index (χ4v) is 11.1. The standard InChI is InChI=1S/C27H30FN5O4.C24H22ClFN4O.C20H15F2N5O2/c1-4-11-32(12-13-34)21-9-10-22(24(15-21)36-2)31-27(35)19-14-23(29-16-19)26-25(30-17-33(26)37-3)18-5-7-20(28)8-6-18;1-3-4-15-5-10-20(19(25)11-15)29-24(31)17-12-21(27-13-17)23-22(28-14-30(23)2)16-6-8-18(26)9-7-16;1-26-11-24-18(12-2-4-14(21)5-3-12)19(26)17-8-13(9-23-17)20(28)25-16-6-7-27(29)10-15(16)22/h5-10,15-17,34H,4,11-14H2,1-3H3,(H,31,35);5-11,13-14H,3-4,12H2,1-2H3,(H,29,31);2-7,9-11,29H,8H2,1H3. The number of aryl methyl sites for hydroxylation is 3. The summed E-state index contributed by atoms with van der Waals surface area (Å²) in [5, 5.41) is 24.7. The zero-order chi connectivity index (χ0) is 68.9. The third-order valence-electron chi connectivity index (χ3n) is 15.6. The molecule has 3 amide bonds. The summed E-state index contributed by atoms with van der Waals surface area (Å²) in [6.45, 7) is 5.53. The number of carbonyl (C=O) groups is 3. The number of aliphatic hydroxyl groups excluding tert-OH is 1. The van der Waals surface area contributed by atoms with Crippen molar-refractivity contribution < 1.29 is 51.8 Å². The van der Waals surface area contributed by atoms with Gasteiger partial charge in [-0.2, -0.15) is 9.46 Å². The lowest BCUT2D eigenvalue weighted by atomic mass is 10.0. The van der Waals surface area contributed by atoms with Crippen LogP contribution in [0.1, 0.15) is 68.6 Å². The van der Waals surface area contributed by atoms with Gasteiger partial charge in [-0.1, -0.05) is 37.9 Å². The average molecular weight is 1340 g/mol. The van der Waals surface area contributed by atoms with Crippen molar-refractivity contribution in [3.05, 3.63) is 238 Å². The molecule has 4 N–H and O–H groups in total. The topological polar surface area (TPSA) is 245 Å². The number of halogens is 5. The van der Waals surface area contributed by atoms with Gasteiger partial charge in [0.1, 0.15) is 53.4 Å². The summed E-state index contributed by atoms with van der Waals surface area (Å²) in [6.07, 6.45) is 15.0. The Morgan fingerprint density at radius 2 is 1.11 bits per heavy atom. The van der Waals surface area contributed by atoms with Crippen LogP contribution in [0.3, 0.4) is 0 Å². The minimum absolute atomic E-state index is 0.0438. The highest BCUT2D eigenvalue weighted by Gasteiger charge is 2.29. The van der Waals surface area contributed by atoms with Gasteiger partial charge in [0, 0.05) is 116 Å². The molecular weight excluding hydrogens is 1270 g/mol. The van der Waals surface area contributed by atoms with Crippen LogP contribution in [-0.4, -0.2) is 113 Å². The van der Waals surface area contributed by atoms with Crippen molar-refractivity contribution in [1.82, 2.24) is 33.5 Å². The molecule has 3 aliphatic rings. The maximum absolute atomic E-state index is 13.8. The van der Waals surface area contributed by atoms with E-state index in [1.807, 2.05) is 41.9 Å². The van der Waals surface area contributed by atoms with Crippen LogP contribution in [0.5, 0.6) is 5.75 Å². The quantitative estimate of drug-likeness (QED) is 0.0413. The van der Waals surface area contributed by atoms with E-state index in [0.29, 0.717) is 102 Å². The molecule has 0 saturated heterocycles. The molecule has 5 aromatic carbocycles. The van der Waals surface area contributed by atoms with Gasteiger partial charge in [0.2, 0.25) is 0 Å². The van der Waals surface area contributed by atoms with Crippen molar-refractivity contribution in [2.75, 3.05) is 49.4 Å². The molecule has 7 heterocycles. The first kappa shape index (κ1) is 68.5. The molecule has 0 radical (unpaired) electrons. The first-order valence-electron chi connectivity index (χ1n) is 30.7. The molecule has 498 valence electrons. The first-order valence-corrected chi connectivity index (χ1v) is 31.1. The molecule has 21 nitrogen and oxygen atoms in total. The predicted octanol–water partition coefficient (Wildman–Crippen LogP) is 11.8. The maximum atomic E-state index is 13.8. The van der Waals surface area contributed by atoms with Crippen LogP contribution in [0.25, 0.3) is 33.8 Å². The number of hydrogen-bond donors (Lipinski definition) is 4. The van der Waals surface area contributed by atoms with Crippen molar-refractivity contribution >= 4 is 63.5 Å². The van der Waals surface area contributed by atoms with Crippen LogP contribution in [-0.2, 0) is 34.9 Å². The SMILES string of the molecule is CCCN(CCO)c1ccc(NC(=O)C2=CN=C(c3c(-c4ccc(F)cc4)ncn3OC)C2)c(OC)c1.CCCc1ccc(NC(=O)C2=CN=C(c3c(-c4ccc(F)cc4)ncn3C)C2)c(Cl)c1.Cn1cnc(-c2ccc(F)cc2)c1C1=NC=C(C(=O)N=c2ccn(O)cc2F)C1. The van der Waals surface area contributed by atoms with Crippen LogP contribution in [0.2, 0.25) is 5.02 Å². The molecule has 0 spiro atoms. The van der Waals surface area contributed by atoms with Gasteiger partial charge in [0.05, 0.1) is 88.9 Å². The van der Waals surface area contributed by atoms with E-state index >= 15 is 0 Å². The maximum Gasteiger partial charge on any atom is 0.275 e. The van der Waals surface area contributed by atoms with Crippen molar-refractivity contribution in [2.24, 2.45) is 34.1 Å². The van der Waals surface area contributed by atoms with E-state index in [0.717, 1.165) is 65.8 Å². The number of amides is 3. The Labute approximate surface area is 560 Å². The number of hydrogen-bond acceptors (Lipinski definition) is 14. The summed E-state index contributed by atoms with van der Waals surface area (Å²) in [5.41, 5.74) is 12.6.